The standard InChI is InChI=1S/C18H28N2O3/c1-13-5-6-17(7-14(13)2)23-12-18(22)20-9-15(8-19(3)4)16(10-20)11-21/h5-7,15-16,21H,8-12H2,1-4H3/t15-,16-/m1/s1. The van der Waals surface area contributed by atoms with Gasteiger partial charge >= 0.3 is 0 Å². The van der Waals surface area contributed by atoms with Gasteiger partial charge in [0.15, 0.2) is 6.61 Å². The molecule has 0 saturated carbocycles. The fraction of sp³-hybridized carbons (Fsp3) is 0.611. The van der Waals surface area contributed by atoms with Gasteiger partial charge in [-0.2, -0.15) is 0 Å². The minimum absolute atomic E-state index is 0.0112. The van der Waals surface area contributed by atoms with E-state index in [1.807, 2.05) is 44.1 Å². The van der Waals surface area contributed by atoms with E-state index in [4.69, 9.17) is 4.74 Å². The number of likely N-dealkylation sites (tertiary alicyclic amines) is 1. The van der Waals surface area contributed by atoms with Gasteiger partial charge in [0, 0.05) is 32.2 Å². The molecule has 1 N–H and O–H groups in total. The van der Waals surface area contributed by atoms with Crippen LogP contribution in [-0.4, -0.2) is 67.8 Å². The van der Waals surface area contributed by atoms with Crippen molar-refractivity contribution < 1.29 is 14.6 Å². The molecule has 1 aliphatic heterocycles. The number of aliphatic hydroxyl groups excluding tert-OH is 1. The number of nitrogens with zero attached hydrogens (tertiary/aromatic N) is 2. The van der Waals surface area contributed by atoms with Crippen molar-refractivity contribution in [2.75, 3.05) is 46.9 Å². The molecule has 128 valence electrons. The largest absolute Gasteiger partial charge is 0.484 e. The minimum atomic E-state index is -0.0112. The van der Waals surface area contributed by atoms with Crippen LogP contribution in [0.25, 0.3) is 0 Å². The molecule has 2 rings (SSSR count). The van der Waals surface area contributed by atoms with Crippen LogP contribution in [-0.2, 0) is 4.79 Å². The van der Waals surface area contributed by atoms with Crippen molar-refractivity contribution in [1.29, 1.82) is 0 Å². The van der Waals surface area contributed by atoms with Crippen molar-refractivity contribution in [2.45, 2.75) is 13.8 Å². The highest BCUT2D eigenvalue weighted by molar-refractivity contribution is 5.78. The van der Waals surface area contributed by atoms with E-state index in [9.17, 15) is 9.90 Å². The lowest BCUT2D eigenvalue weighted by atomic mass is 9.97. The first kappa shape index (κ1) is 17.8. The Labute approximate surface area is 138 Å². The monoisotopic (exact) mass is 320 g/mol. The fourth-order valence-electron chi connectivity index (χ4n) is 3.07. The van der Waals surface area contributed by atoms with E-state index in [1.54, 1.807) is 0 Å². The first-order valence-corrected chi connectivity index (χ1v) is 8.14. The highest BCUT2D eigenvalue weighted by Gasteiger charge is 2.34. The van der Waals surface area contributed by atoms with E-state index in [0.29, 0.717) is 19.0 Å². The van der Waals surface area contributed by atoms with Crippen LogP contribution in [0.1, 0.15) is 11.1 Å². The zero-order chi connectivity index (χ0) is 17.0. The molecule has 0 unspecified atom stereocenters. The lowest BCUT2D eigenvalue weighted by Gasteiger charge is -2.20. The molecular formula is C18H28N2O3. The SMILES string of the molecule is Cc1ccc(OCC(=O)N2C[C@@H](CN(C)C)[C@@H](CO)C2)cc1C. The smallest absolute Gasteiger partial charge is 0.260 e. The molecule has 2 atom stereocenters. The van der Waals surface area contributed by atoms with Crippen molar-refractivity contribution in [2.24, 2.45) is 11.8 Å². The number of amides is 1. The number of benzene rings is 1. The molecule has 5 heteroatoms. The summed E-state index contributed by atoms with van der Waals surface area (Å²) in [6.45, 7) is 6.45. The third-order valence-electron chi connectivity index (χ3n) is 4.60. The Morgan fingerprint density at radius 2 is 1.96 bits per heavy atom. The van der Waals surface area contributed by atoms with Crippen molar-refractivity contribution in [3.05, 3.63) is 29.3 Å². The Morgan fingerprint density at radius 3 is 2.57 bits per heavy atom. The lowest BCUT2D eigenvalue weighted by molar-refractivity contribution is -0.132. The second-order valence-corrected chi connectivity index (χ2v) is 6.80. The maximum absolute atomic E-state index is 12.4. The summed E-state index contributed by atoms with van der Waals surface area (Å²) in [5.41, 5.74) is 2.36. The quantitative estimate of drug-likeness (QED) is 0.859. The number of carbonyl (C=O) groups is 1. The zero-order valence-corrected chi connectivity index (χ0v) is 14.6. The van der Waals surface area contributed by atoms with Gasteiger partial charge in [0.1, 0.15) is 5.75 Å². The van der Waals surface area contributed by atoms with Crippen LogP contribution >= 0.6 is 0 Å². The van der Waals surface area contributed by atoms with Crippen molar-refractivity contribution >= 4 is 5.91 Å². The Bertz CT molecular complexity index is 545. The molecular weight excluding hydrogens is 292 g/mol. The summed E-state index contributed by atoms with van der Waals surface area (Å²) in [6, 6.07) is 5.85. The zero-order valence-electron chi connectivity index (χ0n) is 14.6. The van der Waals surface area contributed by atoms with Crippen LogP contribution in [0.3, 0.4) is 0 Å². The van der Waals surface area contributed by atoms with Gasteiger partial charge in [0.05, 0.1) is 0 Å². The van der Waals surface area contributed by atoms with Gasteiger partial charge in [-0.05, 0) is 57.1 Å². The van der Waals surface area contributed by atoms with Crippen molar-refractivity contribution in [3.63, 3.8) is 0 Å². The Morgan fingerprint density at radius 1 is 1.26 bits per heavy atom. The number of hydrogen-bond acceptors (Lipinski definition) is 4. The lowest BCUT2D eigenvalue weighted by Crippen LogP contribution is -2.34. The number of aryl methyl sites for hydroxylation is 2. The molecule has 1 aliphatic rings. The second kappa shape index (κ2) is 7.79. The average Bonchev–Trinajstić information content (AvgIpc) is 2.90. The summed E-state index contributed by atoms with van der Waals surface area (Å²) >= 11 is 0. The topological polar surface area (TPSA) is 53.0 Å². The van der Waals surface area contributed by atoms with Crippen LogP contribution in [0.2, 0.25) is 0 Å². The van der Waals surface area contributed by atoms with E-state index >= 15 is 0 Å². The van der Waals surface area contributed by atoms with E-state index < -0.39 is 0 Å². The summed E-state index contributed by atoms with van der Waals surface area (Å²) < 4.78 is 5.64. The van der Waals surface area contributed by atoms with E-state index in [0.717, 1.165) is 17.9 Å². The third kappa shape index (κ3) is 4.69. The Balaban J connectivity index is 1.89. The second-order valence-electron chi connectivity index (χ2n) is 6.80. The molecule has 5 nitrogen and oxygen atoms in total. The van der Waals surface area contributed by atoms with Gasteiger partial charge in [0.2, 0.25) is 0 Å². The van der Waals surface area contributed by atoms with Crippen LogP contribution in [0.5, 0.6) is 5.75 Å². The van der Waals surface area contributed by atoms with E-state index in [-0.39, 0.29) is 25.0 Å². The normalized spacial score (nSPS) is 21.0. The number of carbonyl (C=O) groups excluding carboxylic acids is 1. The van der Waals surface area contributed by atoms with Crippen LogP contribution in [0, 0.1) is 25.7 Å². The maximum Gasteiger partial charge on any atom is 0.260 e. The molecule has 23 heavy (non-hydrogen) atoms. The highest BCUT2D eigenvalue weighted by Crippen LogP contribution is 2.24. The number of rotatable bonds is 6. The van der Waals surface area contributed by atoms with E-state index in [2.05, 4.69) is 11.8 Å². The summed E-state index contributed by atoms with van der Waals surface area (Å²) in [4.78, 5) is 16.3. The number of ether oxygens (including phenoxy) is 1. The van der Waals surface area contributed by atoms with Crippen LogP contribution < -0.4 is 4.74 Å². The predicted molar refractivity (Wildman–Crippen MR) is 90.6 cm³/mol. The van der Waals surface area contributed by atoms with Crippen molar-refractivity contribution in [1.82, 2.24) is 9.80 Å². The maximum atomic E-state index is 12.4. The van der Waals surface area contributed by atoms with Crippen LogP contribution in [0.4, 0.5) is 0 Å². The van der Waals surface area contributed by atoms with Gasteiger partial charge in [0.25, 0.3) is 5.91 Å². The third-order valence-corrected chi connectivity index (χ3v) is 4.60. The average molecular weight is 320 g/mol. The first-order chi connectivity index (χ1) is 10.9. The summed E-state index contributed by atoms with van der Waals surface area (Å²) in [5, 5.41) is 9.53. The molecule has 1 aromatic rings. The summed E-state index contributed by atoms with van der Waals surface area (Å²) in [5.74, 6) is 1.19. The molecule has 1 heterocycles. The number of hydrogen-bond donors (Lipinski definition) is 1. The molecule has 1 amide bonds. The fourth-order valence-corrected chi connectivity index (χ4v) is 3.07. The molecule has 0 spiro atoms. The molecule has 0 aliphatic carbocycles. The predicted octanol–water partition coefficient (Wildman–Crippen LogP) is 1.31. The first-order valence-electron chi connectivity index (χ1n) is 8.14. The van der Waals surface area contributed by atoms with Crippen molar-refractivity contribution in [3.8, 4) is 5.75 Å². The minimum Gasteiger partial charge on any atom is -0.484 e. The van der Waals surface area contributed by atoms with Gasteiger partial charge in [-0.1, -0.05) is 6.07 Å². The van der Waals surface area contributed by atoms with Gasteiger partial charge in [-0.25, -0.2) is 0 Å². The Kier molecular flexibility index (Phi) is 6.02. The van der Waals surface area contributed by atoms with Gasteiger partial charge < -0.3 is 19.6 Å². The summed E-state index contributed by atoms with van der Waals surface area (Å²) in [6.07, 6.45) is 0. The molecule has 1 saturated heterocycles. The van der Waals surface area contributed by atoms with Gasteiger partial charge in [-0.3, -0.25) is 4.79 Å². The molecule has 0 radical (unpaired) electrons. The summed E-state index contributed by atoms with van der Waals surface area (Å²) in [7, 11) is 4.03. The number of aliphatic hydroxyl groups is 1. The highest BCUT2D eigenvalue weighted by atomic mass is 16.5. The molecule has 0 aromatic heterocycles. The Hall–Kier alpha value is -1.59. The molecule has 0 bridgehead atoms. The molecule has 1 fully saturated rings. The van der Waals surface area contributed by atoms with Gasteiger partial charge in [-0.15, -0.1) is 0 Å². The van der Waals surface area contributed by atoms with Crippen LogP contribution in [0.15, 0.2) is 18.2 Å². The molecule has 1 aromatic carbocycles. The van der Waals surface area contributed by atoms with E-state index in [1.165, 1.54) is 5.56 Å².